The van der Waals surface area contributed by atoms with Crippen LogP contribution in [0.15, 0.2) is 18.2 Å². The van der Waals surface area contributed by atoms with Crippen molar-refractivity contribution in [1.29, 1.82) is 0 Å². The maximum absolute atomic E-state index is 13.5. The van der Waals surface area contributed by atoms with Crippen LogP contribution in [-0.4, -0.2) is 11.5 Å². The third kappa shape index (κ3) is 1.20. The summed E-state index contributed by atoms with van der Waals surface area (Å²) < 4.78 is 13.5. The molecule has 1 atom stereocenters. The second kappa shape index (κ2) is 3.07. The molecule has 2 nitrogen and oxygen atoms in total. The molecular formula is C12H13FN2. The van der Waals surface area contributed by atoms with Gasteiger partial charge in [-0.1, -0.05) is 19.1 Å². The van der Waals surface area contributed by atoms with Crippen molar-refractivity contribution in [1.82, 2.24) is 10.3 Å². The number of H-pyrrole nitrogens is 1. The van der Waals surface area contributed by atoms with Crippen LogP contribution < -0.4 is 5.32 Å². The van der Waals surface area contributed by atoms with Gasteiger partial charge in [0.1, 0.15) is 5.82 Å². The Hall–Kier alpha value is -1.35. The SMILES string of the molecule is CC1CNCc2c1[nH]c1c(F)cccc21. The molecule has 0 amide bonds. The fraction of sp³-hybridized carbons (Fsp3) is 0.333. The van der Waals surface area contributed by atoms with E-state index in [1.807, 2.05) is 6.07 Å². The van der Waals surface area contributed by atoms with Crippen molar-refractivity contribution in [3.05, 3.63) is 35.3 Å². The molecule has 1 aliphatic heterocycles. The van der Waals surface area contributed by atoms with Crippen LogP contribution in [-0.2, 0) is 6.54 Å². The number of rotatable bonds is 0. The summed E-state index contributed by atoms with van der Waals surface area (Å²) in [4.78, 5) is 3.22. The summed E-state index contributed by atoms with van der Waals surface area (Å²) in [6, 6.07) is 5.25. The van der Waals surface area contributed by atoms with Crippen LogP contribution in [0.1, 0.15) is 24.1 Å². The molecular weight excluding hydrogens is 191 g/mol. The van der Waals surface area contributed by atoms with Crippen LogP contribution in [0.5, 0.6) is 0 Å². The van der Waals surface area contributed by atoms with E-state index in [1.165, 1.54) is 17.3 Å². The van der Waals surface area contributed by atoms with E-state index in [0.717, 1.165) is 18.5 Å². The molecule has 1 aliphatic rings. The Kier molecular flexibility index (Phi) is 1.83. The lowest BCUT2D eigenvalue weighted by atomic mass is 9.98. The molecule has 0 saturated heterocycles. The zero-order valence-corrected chi connectivity index (χ0v) is 8.60. The van der Waals surface area contributed by atoms with Crippen molar-refractivity contribution in [2.24, 2.45) is 0 Å². The maximum Gasteiger partial charge on any atom is 0.147 e. The average molecular weight is 204 g/mol. The second-order valence-electron chi connectivity index (χ2n) is 4.21. The highest BCUT2D eigenvalue weighted by Gasteiger charge is 2.21. The van der Waals surface area contributed by atoms with Gasteiger partial charge in [-0.3, -0.25) is 0 Å². The molecule has 0 fully saturated rings. The minimum absolute atomic E-state index is 0.158. The number of fused-ring (bicyclic) bond motifs is 3. The fourth-order valence-corrected chi connectivity index (χ4v) is 2.38. The molecule has 3 heteroatoms. The minimum atomic E-state index is -0.158. The molecule has 15 heavy (non-hydrogen) atoms. The Labute approximate surface area is 87.5 Å². The standard InChI is InChI=1S/C12H13FN2/c1-7-5-14-6-9-8-3-2-4-10(13)12(8)15-11(7)9/h2-4,7,14-15H,5-6H2,1H3. The van der Waals surface area contributed by atoms with Gasteiger partial charge >= 0.3 is 0 Å². The Morgan fingerprint density at radius 3 is 3.13 bits per heavy atom. The van der Waals surface area contributed by atoms with Gasteiger partial charge in [-0.2, -0.15) is 0 Å². The Morgan fingerprint density at radius 2 is 2.27 bits per heavy atom. The van der Waals surface area contributed by atoms with Gasteiger partial charge in [0.2, 0.25) is 0 Å². The third-order valence-corrected chi connectivity index (χ3v) is 3.17. The molecule has 0 saturated carbocycles. The van der Waals surface area contributed by atoms with Crippen LogP contribution in [0.4, 0.5) is 4.39 Å². The highest BCUT2D eigenvalue weighted by Crippen LogP contribution is 2.31. The summed E-state index contributed by atoms with van der Waals surface area (Å²) >= 11 is 0. The number of hydrogen-bond donors (Lipinski definition) is 2. The molecule has 0 aliphatic carbocycles. The molecule has 3 rings (SSSR count). The van der Waals surface area contributed by atoms with Crippen LogP contribution in [0.3, 0.4) is 0 Å². The monoisotopic (exact) mass is 204 g/mol. The Bertz CT molecular complexity index is 516. The Balaban J connectivity index is 2.35. The van der Waals surface area contributed by atoms with Crippen molar-refractivity contribution in [3.8, 4) is 0 Å². The van der Waals surface area contributed by atoms with Crippen molar-refractivity contribution in [3.63, 3.8) is 0 Å². The normalized spacial score (nSPS) is 20.5. The Morgan fingerprint density at radius 1 is 1.40 bits per heavy atom. The number of aromatic amines is 1. The first-order valence-corrected chi connectivity index (χ1v) is 5.27. The second-order valence-corrected chi connectivity index (χ2v) is 4.21. The molecule has 0 radical (unpaired) electrons. The number of benzene rings is 1. The van der Waals surface area contributed by atoms with Crippen LogP contribution >= 0.6 is 0 Å². The number of halogens is 1. The molecule has 0 bridgehead atoms. The molecule has 1 aromatic carbocycles. The number of nitrogens with one attached hydrogen (secondary N) is 2. The summed E-state index contributed by atoms with van der Waals surface area (Å²) in [6.45, 7) is 3.95. The van der Waals surface area contributed by atoms with Crippen LogP contribution in [0.25, 0.3) is 10.9 Å². The smallest absolute Gasteiger partial charge is 0.147 e. The van der Waals surface area contributed by atoms with E-state index in [2.05, 4.69) is 17.2 Å². The van der Waals surface area contributed by atoms with Gasteiger partial charge in [-0.05, 0) is 11.6 Å². The predicted molar refractivity (Wildman–Crippen MR) is 58.4 cm³/mol. The quantitative estimate of drug-likeness (QED) is 0.678. The molecule has 2 heterocycles. The van der Waals surface area contributed by atoms with Crippen LogP contribution in [0.2, 0.25) is 0 Å². The van der Waals surface area contributed by atoms with E-state index >= 15 is 0 Å². The lowest BCUT2D eigenvalue weighted by Crippen LogP contribution is -2.26. The van der Waals surface area contributed by atoms with E-state index in [-0.39, 0.29) is 5.82 Å². The van der Waals surface area contributed by atoms with Crippen molar-refractivity contribution < 1.29 is 4.39 Å². The molecule has 1 aromatic heterocycles. The number of aromatic nitrogens is 1. The molecule has 2 aromatic rings. The third-order valence-electron chi connectivity index (χ3n) is 3.17. The summed E-state index contributed by atoms with van der Waals surface area (Å²) in [7, 11) is 0. The molecule has 2 N–H and O–H groups in total. The summed E-state index contributed by atoms with van der Waals surface area (Å²) in [5.74, 6) is 0.273. The van der Waals surface area contributed by atoms with Crippen molar-refractivity contribution in [2.75, 3.05) is 6.54 Å². The molecule has 78 valence electrons. The average Bonchev–Trinajstić information content (AvgIpc) is 2.60. The highest BCUT2D eigenvalue weighted by molar-refractivity contribution is 5.85. The van der Waals surface area contributed by atoms with E-state index in [9.17, 15) is 4.39 Å². The highest BCUT2D eigenvalue weighted by atomic mass is 19.1. The lowest BCUT2D eigenvalue weighted by molar-refractivity contribution is 0.565. The van der Waals surface area contributed by atoms with Gasteiger partial charge in [0, 0.05) is 30.1 Å². The van der Waals surface area contributed by atoms with E-state index in [4.69, 9.17) is 0 Å². The van der Waals surface area contributed by atoms with Crippen molar-refractivity contribution in [2.45, 2.75) is 19.4 Å². The van der Waals surface area contributed by atoms with E-state index < -0.39 is 0 Å². The van der Waals surface area contributed by atoms with Gasteiger partial charge in [-0.15, -0.1) is 0 Å². The van der Waals surface area contributed by atoms with Gasteiger partial charge < -0.3 is 10.3 Å². The first kappa shape index (κ1) is 8.92. The van der Waals surface area contributed by atoms with Gasteiger partial charge in [-0.25, -0.2) is 4.39 Å². The van der Waals surface area contributed by atoms with Gasteiger partial charge in [0.05, 0.1) is 5.52 Å². The van der Waals surface area contributed by atoms with Crippen LogP contribution in [0, 0.1) is 5.82 Å². The summed E-state index contributed by atoms with van der Waals surface area (Å²) in [5, 5.41) is 4.36. The minimum Gasteiger partial charge on any atom is -0.355 e. The van der Waals surface area contributed by atoms with E-state index in [0.29, 0.717) is 11.4 Å². The molecule has 0 spiro atoms. The first-order chi connectivity index (χ1) is 7.27. The van der Waals surface area contributed by atoms with Gasteiger partial charge in [0.25, 0.3) is 0 Å². The molecule has 1 unspecified atom stereocenters. The zero-order valence-electron chi connectivity index (χ0n) is 8.60. The predicted octanol–water partition coefficient (Wildman–Crippen LogP) is 2.51. The zero-order chi connectivity index (χ0) is 10.4. The van der Waals surface area contributed by atoms with E-state index in [1.54, 1.807) is 6.07 Å². The van der Waals surface area contributed by atoms with Gasteiger partial charge in [0.15, 0.2) is 0 Å². The summed E-state index contributed by atoms with van der Waals surface area (Å²) in [6.07, 6.45) is 0. The number of hydrogen-bond acceptors (Lipinski definition) is 1. The fourth-order valence-electron chi connectivity index (χ4n) is 2.38. The summed E-state index contributed by atoms with van der Waals surface area (Å²) in [5.41, 5.74) is 3.06. The first-order valence-electron chi connectivity index (χ1n) is 5.27. The maximum atomic E-state index is 13.5. The number of para-hydroxylation sites is 1. The largest absolute Gasteiger partial charge is 0.355 e. The topological polar surface area (TPSA) is 27.8 Å². The van der Waals surface area contributed by atoms with Crippen molar-refractivity contribution >= 4 is 10.9 Å². The lowest BCUT2D eigenvalue weighted by Gasteiger charge is -2.19.